The van der Waals surface area contributed by atoms with Gasteiger partial charge in [0, 0.05) is 25.2 Å². The van der Waals surface area contributed by atoms with Crippen molar-refractivity contribution in [1.82, 2.24) is 5.32 Å². The van der Waals surface area contributed by atoms with Gasteiger partial charge in [0.1, 0.15) is 5.75 Å². The zero-order chi connectivity index (χ0) is 18.2. The van der Waals surface area contributed by atoms with Crippen molar-refractivity contribution in [3.8, 4) is 5.75 Å². The molecule has 0 atom stereocenters. The van der Waals surface area contributed by atoms with Gasteiger partial charge in [0.05, 0.1) is 13.0 Å². The largest absolute Gasteiger partial charge is 0.494 e. The number of anilines is 1. The molecule has 0 spiro atoms. The van der Waals surface area contributed by atoms with Gasteiger partial charge in [0.25, 0.3) is 0 Å². The maximum absolute atomic E-state index is 12.0. The number of amides is 2. The average Bonchev–Trinajstić information content (AvgIpc) is 3.09. The van der Waals surface area contributed by atoms with Crippen molar-refractivity contribution in [2.24, 2.45) is 0 Å². The summed E-state index contributed by atoms with van der Waals surface area (Å²) in [5, 5.41) is 2.91. The monoisotopic (exact) mass is 352 g/mol. The van der Waals surface area contributed by atoms with E-state index in [-0.39, 0.29) is 11.8 Å². The van der Waals surface area contributed by atoms with Gasteiger partial charge >= 0.3 is 0 Å². The summed E-state index contributed by atoms with van der Waals surface area (Å²) in [6, 6.07) is 17.3. The number of hydrogen-bond acceptors (Lipinski definition) is 3. The van der Waals surface area contributed by atoms with E-state index in [9.17, 15) is 9.59 Å². The Labute approximate surface area is 154 Å². The molecular weight excluding hydrogens is 328 g/mol. The second-order valence-electron chi connectivity index (χ2n) is 6.36. The third kappa shape index (κ3) is 5.09. The van der Waals surface area contributed by atoms with Crippen LogP contribution in [0.4, 0.5) is 5.69 Å². The van der Waals surface area contributed by atoms with Crippen LogP contribution < -0.4 is 15.0 Å². The van der Waals surface area contributed by atoms with Gasteiger partial charge in [-0.05, 0) is 42.7 Å². The van der Waals surface area contributed by atoms with E-state index in [0.717, 1.165) is 36.4 Å². The molecule has 136 valence electrons. The van der Waals surface area contributed by atoms with Crippen LogP contribution in [0.25, 0.3) is 0 Å². The third-order valence-corrected chi connectivity index (χ3v) is 4.34. The first-order valence-corrected chi connectivity index (χ1v) is 9.06. The predicted octanol–water partition coefficient (Wildman–Crippen LogP) is 2.94. The summed E-state index contributed by atoms with van der Waals surface area (Å²) in [6.07, 6.45) is 2.64. The first-order valence-electron chi connectivity index (χ1n) is 9.06. The number of hydrogen-bond donors (Lipinski definition) is 1. The van der Waals surface area contributed by atoms with Crippen LogP contribution in [0, 0.1) is 0 Å². The SMILES string of the molecule is O=C(Cc1ccc(N2CCCC2=O)cc1)NCCCOc1ccccc1. The Morgan fingerprint density at radius 2 is 1.85 bits per heavy atom. The average molecular weight is 352 g/mol. The van der Waals surface area contributed by atoms with Gasteiger partial charge in [-0.3, -0.25) is 9.59 Å². The second-order valence-corrected chi connectivity index (χ2v) is 6.36. The molecule has 1 saturated heterocycles. The highest BCUT2D eigenvalue weighted by atomic mass is 16.5. The van der Waals surface area contributed by atoms with Gasteiger partial charge in [-0.25, -0.2) is 0 Å². The van der Waals surface area contributed by atoms with Crippen LogP contribution in [0.3, 0.4) is 0 Å². The quantitative estimate of drug-likeness (QED) is 0.743. The van der Waals surface area contributed by atoms with Crippen LogP contribution in [0.2, 0.25) is 0 Å². The molecule has 1 aliphatic heterocycles. The Morgan fingerprint density at radius 1 is 1.08 bits per heavy atom. The molecule has 2 aromatic carbocycles. The molecule has 5 nitrogen and oxygen atoms in total. The number of rotatable bonds is 8. The van der Waals surface area contributed by atoms with E-state index in [4.69, 9.17) is 4.74 Å². The summed E-state index contributed by atoms with van der Waals surface area (Å²) in [5.41, 5.74) is 1.85. The molecule has 0 unspecified atom stereocenters. The number of nitrogens with one attached hydrogen (secondary N) is 1. The van der Waals surface area contributed by atoms with E-state index in [1.807, 2.05) is 54.6 Å². The predicted molar refractivity (Wildman–Crippen MR) is 101 cm³/mol. The maximum atomic E-state index is 12.0. The minimum atomic E-state index is -0.00490. The fourth-order valence-corrected chi connectivity index (χ4v) is 2.97. The van der Waals surface area contributed by atoms with Crippen LogP contribution in [-0.4, -0.2) is 31.5 Å². The van der Waals surface area contributed by atoms with Crippen LogP contribution in [-0.2, 0) is 16.0 Å². The summed E-state index contributed by atoms with van der Waals surface area (Å²) in [4.78, 5) is 25.6. The molecule has 0 radical (unpaired) electrons. The van der Waals surface area contributed by atoms with E-state index in [0.29, 0.717) is 26.0 Å². The van der Waals surface area contributed by atoms with Gasteiger partial charge < -0.3 is 15.0 Å². The van der Waals surface area contributed by atoms with Gasteiger partial charge in [0.2, 0.25) is 11.8 Å². The number of ether oxygens (including phenoxy) is 1. The van der Waals surface area contributed by atoms with Crippen LogP contribution in [0.1, 0.15) is 24.8 Å². The van der Waals surface area contributed by atoms with E-state index < -0.39 is 0 Å². The molecule has 0 bridgehead atoms. The lowest BCUT2D eigenvalue weighted by atomic mass is 10.1. The molecular formula is C21H24N2O3. The Kier molecular flexibility index (Phi) is 6.25. The van der Waals surface area contributed by atoms with Crippen LogP contribution in [0.5, 0.6) is 5.75 Å². The Morgan fingerprint density at radius 3 is 2.54 bits per heavy atom. The Hall–Kier alpha value is -2.82. The number of carbonyl (C=O) groups excluding carboxylic acids is 2. The van der Waals surface area contributed by atoms with E-state index >= 15 is 0 Å². The lowest BCUT2D eigenvalue weighted by Crippen LogP contribution is -2.27. The fourth-order valence-electron chi connectivity index (χ4n) is 2.97. The minimum absolute atomic E-state index is 0.00490. The lowest BCUT2D eigenvalue weighted by molar-refractivity contribution is -0.120. The summed E-state index contributed by atoms with van der Waals surface area (Å²) in [6.45, 7) is 1.94. The summed E-state index contributed by atoms with van der Waals surface area (Å²) < 4.78 is 5.59. The van der Waals surface area contributed by atoms with Crippen molar-refractivity contribution in [1.29, 1.82) is 0 Å². The van der Waals surface area contributed by atoms with Crippen molar-refractivity contribution < 1.29 is 14.3 Å². The molecule has 1 fully saturated rings. The highest BCUT2D eigenvalue weighted by molar-refractivity contribution is 5.95. The molecule has 2 aromatic rings. The Bertz CT molecular complexity index is 729. The van der Waals surface area contributed by atoms with E-state index in [2.05, 4.69) is 5.32 Å². The highest BCUT2D eigenvalue weighted by Crippen LogP contribution is 2.21. The summed E-state index contributed by atoms with van der Waals surface area (Å²) in [7, 11) is 0. The molecule has 1 heterocycles. The van der Waals surface area contributed by atoms with Crippen molar-refractivity contribution in [2.45, 2.75) is 25.7 Å². The zero-order valence-electron chi connectivity index (χ0n) is 14.8. The highest BCUT2D eigenvalue weighted by Gasteiger charge is 2.21. The van der Waals surface area contributed by atoms with E-state index in [1.54, 1.807) is 4.90 Å². The molecule has 3 rings (SSSR count). The second kappa shape index (κ2) is 9.04. The van der Waals surface area contributed by atoms with Gasteiger partial charge in [0.15, 0.2) is 0 Å². The third-order valence-electron chi connectivity index (χ3n) is 4.34. The van der Waals surface area contributed by atoms with Crippen molar-refractivity contribution in [3.63, 3.8) is 0 Å². The molecule has 1 N–H and O–H groups in total. The molecule has 26 heavy (non-hydrogen) atoms. The van der Waals surface area contributed by atoms with Gasteiger partial charge in [-0.2, -0.15) is 0 Å². The lowest BCUT2D eigenvalue weighted by Gasteiger charge is -2.15. The minimum Gasteiger partial charge on any atom is -0.494 e. The first kappa shape index (κ1) is 18.0. The molecule has 2 amide bonds. The van der Waals surface area contributed by atoms with E-state index in [1.165, 1.54) is 0 Å². The number of para-hydroxylation sites is 1. The standard InChI is InChI=1S/C21H24N2O3/c24-20(22-13-5-15-26-19-6-2-1-3-7-19)16-17-9-11-18(12-10-17)23-14-4-8-21(23)25/h1-3,6-7,9-12H,4-5,8,13-16H2,(H,22,24). The molecule has 0 aliphatic carbocycles. The zero-order valence-corrected chi connectivity index (χ0v) is 14.8. The van der Waals surface area contributed by atoms with Crippen molar-refractivity contribution in [2.75, 3.05) is 24.6 Å². The van der Waals surface area contributed by atoms with Crippen LogP contribution >= 0.6 is 0 Å². The van der Waals surface area contributed by atoms with Gasteiger partial charge in [-0.15, -0.1) is 0 Å². The smallest absolute Gasteiger partial charge is 0.227 e. The maximum Gasteiger partial charge on any atom is 0.227 e. The number of benzene rings is 2. The molecule has 5 heteroatoms. The summed E-state index contributed by atoms with van der Waals surface area (Å²) >= 11 is 0. The molecule has 0 saturated carbocycles. The molecule has 1 aliphatic rings. The van der Waals surface area contributed by atoms with Gasteiger partial charge in [-0.1, -0.05) is 30.3 Å². The first-order chi connectivity index (χ1) is 12.7. The number of carbonyl (C=O) groups is 2. The number of nitrogens with zero attached hydrogens (tertiary/aromatic N) is 1. The topological polar surface area (TPSA) is 58.6 Å². The summed E-state index contributed by atoms with van der Waals surface area (Å²) in [5.74, 6) is 1.01. The Balaban J connectivity index is 1.36. The molecule has 0 aromatic heterocycles. The van der Waals surface area contributed by atoms with Crippen LogP contribution in [0.15, 0.2) is 54.6 Å². The normalized spacial score (nSPS) is 13.7. The fraction of sp³-hybridized carbons (Fsp3) is 0.333. The van der Waals surface area contributed by atoms with Crippen molar-refractivity contribution >= 4 is 17.5 Å². The van der Waals surface area contributed by atoms with Crippen molar-refractivity contribution in [3.05, 3.63) is 60.2 Å².